The minimum Gasteiger partial charge on any atom is -0.376 e. The number of rotatable bonds is 5. The van der Waals surface area contributed by atoms with Crippen LogP contribution in [-0.2, 0) is 20.9 Å². The van der Waals surface area contributed by atoms with Gasteiger partial charge in [-0.05, 0) is 48.5 Å². The summed E-state index contributed by atoms with van der Waals surface area (Å²) in [6.45, 7) is 0. The summed E-state index contributed by atoms with van der Waals surface area (Å²) < 4.78 is 111. The summed E-state index contributed by atoms with van der Waals surface area (Å²) >= 11 is 0. The SMILES string of the molecule is O=C(Nc1ccc(OS(=O)(=O)C(F)(F)F)cc1)Nc1ccc(S(=O)C(F)(F)F)cc1. The number of halogens is 6. The van der Waals surface area contributed by atoms with E-state index >= 15 is 0 Å². The van der Waals surface area contributed by atoms with Crippen LogP contribution in [-0.4, -0.2) is 29.7 Å². The molecule has 0 spiro atoms. The highest BCUT2D eigenvalue weighted by Gasteiger charge is 2.48. The highest BCUT2D eigenvalue weighted by Crippen LogP contribution is 2.28. The number of alkyl halides is 6. The Kier molecular flexibility index (Phi) is 6.66. The van der Waals surface area contributed by atoms with Crippen LogP contribution in [0.1, 0.15) is 0 Å². The molecule has 2 amide bonds. The second kappa shape index (κ2) is 8.51. The van der Waals surface area contributed by atoms with E-state index in [4.69, 9.17) is 0 Å². The van der Waals surface area contributed by atoms with Gasteiger partial charge in [0.15, 0.2) is 10.8 Å². The van der Waals surface area contributed by atoms with Gasteiger partial charge in [-0.15, -0.1) is 0 Å². The number of urea groups is 1. The smallest absolute Gasteiger partial charge is 0.376 e. The first-order valence-electron chi connectivity index (χ1n) is 7.46. The molecule has 0 bridgehead atoms. The zero-order valence-electron chi connectivity index (χ0n) is 14.2. The van der Waals surface area contributed by atoms with Crippen LogP contribution in [0.5, 0.6) is 5.75 Å². The van der Waals surface area contributed by atoms with Gasteiger partial charge < -0.3 is 14.8 Å². The second-order valence-corrected chi connectivity index (χ2v) is 8.34. The van der Waals surface area contributed by atoms with Crippen molar-refractivity contribution in [2.45, 2.75) is 15.9 Å². The molecule has 30 heavy (non-hydrogen) atoms. The molecule has 0 aliphatic carbocycles. The molecule has 2 aromatic rings. The van der Waals surface area contributed by atoms with Gasteiger partial charge in [-0.25, -0.2) is 9.00 Å². The monoisotopic (exact) mass is 476 g/mol. The van der Waals surface area contributed by atoms with Crippen LogP contribution in [0.2, 0.25) is 0 Å². The van der Waals surface area contributed by atoms with Crippen molar-refractivity contribution in [2.24, 2.45) is 0 Å². The molecule has 2 rings (SSSR count). The molecule has 7 nitrogen and oxygen atoms in total. The average molecular weight is 476 g/mol. The molecule has 1 unspecified atom stereocenters. The van der Waals surface area contributed by atoms with Crippen LogP contribution >= 0.6 is 0 Å². The molecule has 0 fully saturated rings. The summed E-state index contributed by atoms with van der Waals surface area (Å²) in [6, 6.07) is 6.94. The number of carbonyl (C=O) groups is 1. The molecule has 0 aromatic heterocycles. The van der Waals surface area contributed by atoms with E-state index < -0.39 is 48.6 Å². The van der Waals surface area contributed by atoms with Crippen LogP contribution in [0.15, 0.2) is 53.4 Å². The van der Waals surface area contributed by atoms with E-state index in [0.717, 1.165) is 48.5 Å². The van der Waals surface area contributed by atoms with Crippen molar-refractivity contribution in [3.05, 3.63) is 48.5 Å². The molecule has 0 aliphatic heterocycles. The van der Waals surface area contributed by atoms with E-state index in [0.29, 0.717) is 0 Å². The fraction of sp³-hybridized carbons (Fsp3) is 0.133. The Morgan fingerprint density at radius 3 is 1.67 bits per heavy atom. The van der Waals surface area contributed by atoms with Crippen molar-refractivity contribution in [3.63, 3.8) is 0 Å². The normalized spacial score (nSPS) is 13.4. The Labute approximate surface area is 167 Å². The average Bonchev–Trinajstić information content (AvgIpc) is 2.61. The van der Waals surface area contributed by atoms with Gasteiger partial charge in [0.2, 0.25) is 0 Å². The van der Waals surface area contributed by atoms with Gasteiger partial charge >= 0.3 is 27.2 Å². The first kappa shape index (κ1) is 23.5. The Bertz CT molecular complexity index is 1040. The fourth-order valence-corrected chi connectivity index (χ4v) is 2.97. The van der Waals surface area contributed by atoms with Crippen molar-refractivity contribution in [3.8, 4) is 5.75 Å². The number of hydrogen-bond acceptors (Lipinski definition) is 5. The van der Waals surface area contributed by atoms with Gasteiger partial charge in [-0.2, -0.15) is 34.8 Å². The first-order valence-corrected chi connectivity index (χ1v) is 10.0. The molecule has 0 saturated heterocycles. The summed E-state index contributed by atoms with van der Waals surface area (Å²) in [6.07, 6.45) is 0. The standard InChI is InChI=1S/C15H10F6N2O5S2/c16-14(17,18)29(25)12-7-3-10(4-8-12)23-13(24)22-9-1-5-11(6-2-9)28-30(26,27)15(19,20)21/h1-8H,(H2,22,23,24). The predicted molar refractivity (Wildman–Crippen MR) is 93.6 cm³/mol. The molecule has 164 valence electrons. The lowest BCUT2D eigenvalue weighted by Crippen LogP contribution is -2.28. The number of carbonyl (C=O) groups excluding carboxylic acids is 1. The van der Waals surface area contributed by atoms with Crippen LogP contribution in [0, 0.1) is 0 Å². The van der Waals surface area contributed by atoms with E-state index in [1.807, 2.05) is 0 Å². The largest absolute Gasteiger partial charge is 0.534 e. The van der Waals surface area contributed by atoms with E-state index in [-0.39, 0.29) is 11.4 Å². The maximum Gasteiger partial charge on any atom is 0.534 e. The van der Waals surface area contributed by atoms with E-state index in [9.17, 15) is 43.8 Å². The predicted octanol–water partition coefficient (Wildman–Crippen LogP) is 4.19. The van der Waals surface area contributed by atoms with Crippen LogP contribution in [0.25, 0.3) is 0 Å². The highest BCUT2D eigenvalue weighted by atomic mass is 32.2. The third-order valence-electron chi connectivity index (χ3n) is 3.14. The minimum atomic E-state index is -5.84. The molecule has 0 aliphatic rings. The van der Waals surface area contributed by atoms with Crippen molar-refractivity contribution >= 4 is 38.3 Å². The molecule has 0 heterocycles. The molecule has 2 N–H and O–H groups in total. The molecular formula is C15H10F6N2O5S2. The molecule has 2 aromatic carbocycles. The summed E-state index contributed by atoms with van der Waals surface area (Å²) in [5.41, 5.74) is -10.4. The number of amides is 2. The van der Waals surface area contributed by atoms with Crippen molar-refractivity contribution < 1.29 is 47.9 Å². The van der Waals surface area contributed by atoms with E-state index in [2.05, 4.69) is 14.8 Å². The van der Waals surface area contributed by atoms with Crippen molar-refractivity contribution in [2.75, 3.05) is 10.6 Å². The van der Waals surface area contributed by atoms with Gasteiger partial charge in [-0.3, -0.25) is 0 Å². The van der Waals surface area contributed by atoms with Gasteiger partial charge in [0, 0.05) is 16.3 Å². The van der Waals surface area contributed by atoms with Crippen LogP contribution in [0.4, 0.5) is 42.5 Å². The number of hydrogen-bond donors (Lipinski definition) is 2. The lowest BCUT2D eigenvalue weighted by Gasteiger charge is -2.11. The summed E-state index contributed by atoms with van der Waals surface area (Å²) in [5.74, 6) is -0.647. The van der Waals surface area contributed by atoms with Crippen molar-refractivity contribution in [1.82, 2.24) is 0 Å². The lowest BCUT2D eigenvalue weighted by atomic mass is 10.3. The van der Waals surface area contributed by atoms with E-state index in [1.165, 1.54) is 0 Å². The Balaban J connectivity index is 1.98. The van der Waals surface area contributed by atoms with Gasteiger partial charge in [-0.1, -0.05) is 0 Å². The van der Waals surface area contributed by atoms with Crippen LogP contribution in [0.3, 0.4) is 0 Å². The Hall–Kier alpha value is -2.81. The number of anilines is 2. The zero-order valence-corrected chi connectivity index (χ0v) is 15.9. The molecule has 0 radical (unpaired) electrons. The van der Waals surface area contributed by atoms with Gasteiger partial charge in [0.05, 0.1) is 0 Å². The Morgan fingerprint density at radius 2 is 1.27 bits per heavy atom. The van der Waals surface area contributed by atoms with Crippen LogP contribution < -0.4 is 14.8 Å². The van der Waals surface area contributed by atoms with Crippen molar-refractivity contribution in [1.29, 1.82) is 0 Å². The quantitative estimate of drug-likeness (QED) is 0.383. The summed E-state index contributed by atoms with van der Waals surface area (Å²) in [5, 5.41) is 4.52. The molecule has 0 saturated carbocycles. The number of nitrogens with one attached hydrogen (secondary N) is 2. The maximum atomic E-state index is 12.4. The first-order chi connectivity index (χ1) is 13.7. The molecular weight excluding hydrogens is 466 g/mol. The lowest BCUT2D eigenvalue weighted by molar-refractivity contribution is -0.0500. The highest BCUT2D eigenvalue weighted by molar-refractivity contribution is 7.88. The summed E-state index contributed by atoms with van der Waals surface area (Å²) in [7, 11) is -9.06. The Morgan fingerprint density at radius 1 is 0.833 bits per heavy atom. The fourth-order valence-electron chi connectivity index (χ4n) is 1.86. The minimum absolute atomic E-state index is 0.0408. The van der Waals surface area contributed by atoms with E-state index in [1.54, 1.807) is 0 Å². The summed E-state index contributed by atoms with van der Waals surface area (Å²) in [4.78, 5) is 11.4. The maximum absolute atomic E-state index is 12.4. The third-order valence-corrected chi connectivity index (χ3v) is 5.24. The third kappa shape index (κ3) is 6.09. The second-order valence-electron chi connectivity index (χ2n) is 5.33. The molecule has 15 heteroatoms. The zero-order chi connectivity index (χ0) is 22.7. The number of benzene rings is 2. The van der Waals surface area contributed by atoms with Gasteiger partial charge in [0.25, 0.3) is 0 Å². The molecule has 1 atom stereocenters. The van der Waals surface area contributed by atoms with Gasteiger partial charge in [0.1, 0.15) is 5.75 Å². The topological polar surface area (TPSA) is 102 Å².